The van der Waals surface area contributed by atoms with Gasteiger partial charge in [0.2, 0.25) is 5.65 Å². The zero-order valence-corrected chi connectivity index (χ0v) is 24.1. The van der Waals surface area contributed by atoms with Crippen LogP contribution in [-0.4, -0.2) is 85.5 Å². The van der Waals surface area contributed by atoms with Crippen LogP contribution in [-0.2, 0) is 11.2 Å². The number of carbonyl (C=O) groups excluding carboxylic acids is 2. The summed E-state index contributed by atoms with van der Waals surface area (Å²) in [7, 11) is 0. The predicted octanol–water partition coefficient (Wildman–Crippen LogP) is 3.66. The zero-order valence-electron chi connectivity index (χ0n) is 24.1. The molecule has 214 valence electrons. The molecule has 0 aliphatic carbocycles. The minimum Gasteiger partial charge on any atom is -0.475 e. The fraction of sp³-hybridized carbons (Fsp3) is 0.556. The molecule has 5 rings (SSSR count). The molecule has 0 unspecified atom stereocenters. The number of aryl methyl sites for hydroxylation is 1. The van der Waals surface area contributed by atoms with Gasteiger partial charge < -0.3 is 14.4 Å². The maximum atomic E-state index is 13.4. The predicted molar refractivity (Wildman–Crippen MR) is 150 cm³/mol. The minimum atomic E-state index is -0.552. The molecule has 3 amide bonds. The second-order valence-corrected chi connectivity index (χ2v) is 11.2. The third kappa shape index (κ3) is 5.32. The van der Waals surface area contributed by atoms with Crippen LogP contribution in [0.1, 0.15) is 52.9 Å². The van der Waals surface area contributed by atoms with Gasteiger partial charge in [0.05, 0.1) is 24.9 Å². The van der Waals surface area contributed by atoms with Gasteiger partial charge in [-0.05, 0) is 61.0 Å². The molecule has 3 aromatic rings. The van der Waals surface area contributed by atoms with E-state index in [0.29, 0.717) is 61.6 Å². The zero-order chi connectivity index (χ0) is 28.8. The summed E-state index contributed by atoms with van der Waals surface area (Å²) in [4.78, 5) is 45.3. The van der Waals surface area contributed by atoms with Gasteiger partial charge in [-0.3, -0.25) is 15.1 Å². The molecule has 1 saturated heterocycles. The molecular formula is C27H37N9O4. The third-order valence-electron chi connectivity index (χ3n) is 6.87. The first-order valence-electron chi connectivity index (χ1n) is 13.6. The van der Waals surface area contributed by atoms with Gasteiger partial charge in [0.1, 0.15) is 17.2 Å². The summed E-state index contributed by atoms with van der Waals surface area (Å²) in [6.07, 6.45) is 3.71. The van der Waals surface area contributed by atoms with Crippen LogP contribution in [0.3, 0.4) is 0 Å². The van der Waals surface area contributed by atoms with E-state index < -0.39 is 5.60 Å². The number of urea groups is 1. The molecule has 0 saturated carbocycles. The molecule has 13 nitrogen and oxygen atoms in total. The largest absolute Gasteiger partial charge is 0.475 e. The Morgan fingerprint density at radius 2 is 1.88 bits per heavy atom. The number of ether oxygens (including phenoxy) is 2. The molecule has 2 atom stereocenters. The Morgan fingerprint density at radius 1 is 1.15 bits per heavy atom. The lowest BCUT2D eigenvalue weighted by atomic mass is 10.1. The van der Waals surface area contributed by atoms with Crippen molar-refractivity contribution in [3.63, 3.8) is 0 Å². The van der Waals surface area contributed by atoms with Crippen molar-refractivity contribution in [1.82, 2.24) is 29.5 Å². The molecule has 5 heterocycles. The highest BCUT2D eigenvalue weighted by molar-refractivity contribution is 6.02. The van der Waals surface area contributed by atoms with Crippen molar-refractivity contribution < 1.29 is 19.1 Å². The Morgan fingerprint density at radius 3 is 2.55 bits per heavy atom. The maximum absolute atomic E-state index is 13.4. The van der Waals surface area contributed by atoms with E-state index >= 15 is 0 Å². The van der Waals surface area contributed by atoms with Crippen LogP contribution in [0.2, 0.25) is 0 Å². The molecule has 0 bridgehead atoms. The van der Waals surface area contributed by atoms with Crippen molar-refractivity contribution in [2.75, 3.05) is 41.4 Å². The van der Waals surface area contributed by atoms with Crippen molar-refractivity contribution in [3.05, 3.63) is 29.8 Å². The molecule has 2 aliphatic heterocycles. The van der Waals surface area contributed by atoms with Crippen molar-refractivity contribution in [2.45, 2.75) is 72.6 Å². The number of piperazine rings is 1. The van der Waals surface area contributed by atoms with E-state index in [1.54, 1.807) is 28.7 Å². The first kappa shape index (κ1) is 27.4. The van der Waals surface area contributed by atoms with Crippen LogP contribution in [0, 0.1) is 6.92 Å². The van der Waals surface area contributed by atoms with Gasteiger partial charge in [-0.15, -0.1) is 0 Å². The fourth-order valence-electron chi connectivity index (χ4n) is 5.40. The van der Waals surface area contributed by atoms with Crippen LogP contribution >= 0.6 is 0 Å². The van der Waals surface area contributed by atoms with Crippen LogP contribution < -0.4 is 19.9 Å². The van der Waals surface area contributed by atoms with Crippen LogP contribution in [0.4, 0.5) is 26.9 Å². The molecular weight excluding hydrogens is 514 g/mol. The minimum absolute atomic E-state index is 0.0517. The number of amides is 3. The standard InChI is InChI=1S/C27H37N9O4/c1-8-39-24-23-29-18(4)32-35(23)15-21(30-24)31-25(37)34-12-10-19-20(9-11-28-22(19)34)33-13-16(2)36(17(3)14-33)26(38)40-27(5,6)7/h9,11,15-17H,8,10,12-14H2,1-7H3,(H,31,37)/t16-,17+. The van der Waals surface area contributed by atoms with Gasteiger partial charge in [-0.2, -0.15) is 10.1 Å². The summed E-state index contributed by atoms with van der Waals surface area (Å²) >= 11 is 0. The van der Waals surface area contributed by atoms with Crippen molar-refractivity contribution in [2.24, 2.45) is 0 Å². The fourth-order valence-corrected chi connectivity index (χ4v) is 5.40. The lowest BCUT2D eigenvalue weighted by Gasteiger charge is -2.45. The summed E-state index contributed by atoms with van der Waals surface area (Å²) in [5.41, 5.74) is 1.97. The van der Waals surface area contributed by atoms with E-state index in [9.17, 15) is 9.59 Å². The molecule has 0 radical (unpaired) electrons. The molecule has 0 spiro atoms. The number of nitrogens with one attached hydrogen (secondary N) is 1. The maximum Gasteiger partial charge on any atom is 0.410 e. The average molecular weight is 552 g/mol. The average Bonchev–Trinajstić information content (AvgIpc) is 3.45. The number of pyridine rings is 1. The number of aromatic nitrogens is 5. The molecule has 13 heteroatoms. The van der Waals surface area contributed by atoms with Gasteiger partial charge >= 0.3 is 12.1 Å². The smallest absolute Gasteiger partial charge is 0.410 e. The summed E-state index contributed by atoms with van der Waals surface area (Å²) in [5, 5.41) is 7.21. The van der Waals surface area contributed by atoms with Gasteiger partial charge in [-0.25, -0.2) is 24.1 Å². The number of hydrogen-bond acceptors (Lipinski definition) is 9. The van der Waals surface area contributed by atoms with Gasteiger partial charge in [-0.1, -0.05) is 0 Å². The number of rotatable bonds is 4. The van der Waals surface area contributed by atoms with Gasteiger partial charge in [0, 0.05) is 37.1 Å². The number of anilines is 3. The molecule has 2 aliphatic rings. The summed E-state index contributed by atoms with van der Waals surface area (Å²) in [6, 6.07) is 1.54. The highest BCUT2D eigenvalue weighted by Crippen LogP contribution is 2.36. The molecule has 3 aromatic heterocycles. The first-order valence-corrected chi connectivity index (χ1v) is 13.6. The molecule has 1 fully saturated rings. The second-order valence-electron chi connectivity index (χ2n) is 11.2. The number of hydrogen-bond donors (Lipinski definition) is 1. The Labute approximate surface area is 233 Å². The highest BCUT2D eigenvalue weighted by Gasteiger charge is 2.38. The van der Waals surface area contributed by atoms with Crippen molar-refractivity contribution in [3.8, 4) is 5.88 Å². The lowest BCUT2D eigenvalue weighted by molar-refractivity contribution is 0.00565. The van der Waals surface area contributed by atoms with Crippen molar-refractivity contribution >= 4 is 35.1 Å². The van der Waals surface area contributed by atoms with Crippen molar-refractivity contribution in [1.29, 1.82) is 0 Å². The highest BCUT2D eigenvalue weighted by atomic mass is 16.6. The van der Waals surface area contributed by atoms with E-state index in [1.807, 2.05) is 52.5 Å². The van der Waals surface area contributed by atoms with E-state index in [-0.39, 0.29) is 24.2 Å². The summed E-state index contributed by atoms with van der Waals surface area (Å²) in [5.74, 6) is 1.80. The van der Waals surface area contributed by atoms with E-state index in [1.165, 1.54) is 0 Å². The monoisotopic (exact) mass is 551 g/mol. The number of nitrogens with zero attached hydrogens (tertiary/aromatic N) is 8. The van der Waals surface area contributed by atoms with Gasteiger partial charge in [0.15, 0.2) is 5.82 Å². The summed E-state index contributed by atoms with van der Waals surface area (Å²) in [6.45, 7) is 15.5. The Balaban J connectivity index is 1.34. The first-order chi connectivity index (χ1) is 18.9. The Bertz CT molecular complexity index is 1420. The normalized spacial score (nSPS) is 19.1. The van der Waals surface area contributed by atoms with Crippen LogP contribution in [0.5, 0.6) is 5.88 Å². The second kappa shape index (κ2) is 10.4. The topological polar surface area (TPSA) is 130 Å². The summed E-state index contributed by atoms with van der Waals surface area (Å²) < 4.78 is 12.8. The van der Waals surface area contributed by atoms with E-state index in [4.69, 9.17) is 9.47 Å². The van der Waals surface area contributed by atoms with E-state index in [0.717, 1.165) is 11.3 Å². The van der Waals surface area contributed by atoms with E-state index in [2.05, 4.69) is 30.3 Å². The third-order valence-corrected chi connectivity index (χ3v) is 6.87. The molecule has 0 aromatic carbocycles. The molecule has 40 heavy (non-hydrogen) atoms. The Hall–Kier alpha value is -4.16. The number of carbonyl (C=O) groups is 2. The number of fused-ring (bicyclic) bond motifs is 2. The van der Waals surface area contributed by atoms with Gasteiger partial charge in [0.25, 0.3) is 5.88 Å². The Kier molecular flexibility index (Phi) is 7.15. The molecule has 1 N–H and O–H groups in total. The lowest BCUT2D eigenvalue weighted by Crippen LogP contribution is -2.59. The SMILES string of the molecule is CCOc1nc(NC(=O)N2CCc3c(N4C[C@@H](C)N(C(=O)OC(C)(C)C)[C@@H](C)C4)ccnc32)cn2nc(C)nc12. The van der Waals surface area contributed by atoms with Crippen LogP contribution in [0.25, 0.3) is 5.65 Å². The quantitative estimate of drug-likeness (QED) is 0.516. The van der Waals surface area contributed by atoms with Crippen LogP contribution in [0.15, 0.2) is 18.5 Å².